The Kier molecular flexibility index (Phi) is 14.0. The first kappa shape index (κ1) is 32.3. The lowest BCUT2D eigenvalue weighted by molar-refractivity contribution is -0.274. The highest BCUT2D eigenvalue weighted by atomic mass is 19.4. The Morgan fingerprint density at radius 2 is 2.00 bits per heavy atom. The summed E-state index contributed by atoms with van der Waals surface area (Å²) >= 11 is 0. The van der Waals surface area contributed by atoms with Gasteiger partial charge in [-0.3, -0.25) is 4.79 Å². The lowest BCUT2D eigenvalue weighted by Gasteiger charge is -2.20. The molecule has 2 aromatic rings. The van der Waals surface area contributed by atoms with Crippen molar-refractivity contribution in [2.24, 2.45) is 11.7 Å². The number of anilines is 1. The van der Waals surface area contributed by atoms with E-state index in [0.717, 1.165) is 30.5 Å². The van der Waals surface area contributed by atoms with Crippen LogP contribution in [0.2, 0.25) is 0 Å². The van der Waals surface area contributed by atoms with E-state index in [4.69, 9.17) is 10.5 Å². The number of ether oxygens (including phenoxy) is 3. The number of nitrogens with zero attached hydrogens (tertiary/aromatic N) is 2. The molecule has 0 radical (unpaired) electrons. The van der Waals surface area contributed by atoms with E-state index in [9.17, 15) is 18.0 Å². The number of carbonyl (C=O) groups excluding carboxylic acids is 1. The van der Waals surface area contributed by atoms with Gasteiger partial charge in [-0.05, 0) is 61.4 Å². The van der Waals surface area contributed by atoms with Gasteiger partial charge in [0.05, 0.1) is 18.9 Å². The predicted molar refractivity (Wildman–Crippen MR) is 144 cm³/mol. The molecular weight excluding hydrogens is 513 g/mol. The fourth-order valence-corrected chi connectivity index (χ4v) is 4.45. The molecule has 218 valence electrons. The molecule has 1 atom stereocenters. The molecule has 1 unspecified atom stereocenters. The Balaban J connectivity index is 0.000000976. The summed E-state index contributed by atoms with van der Waals surface area (Å²) in [7, 11) is 0. The Morgan fingerprint density at radius 3 is 2.62 bits per heavy atom. The van der Waals surface area contributed by atoms with Crippen molar-refractivity contribution >= 4 is 12.3 Å². The molecule has 0 aliphatic carbocycles. The quantitative estimate of drug-likeness (QED) is 0.237. The van der Waals surface area contributed by atoms with Crippen molar-refractivity contribution in [3.63, 3.8) is 0 Å². The molecule has 2 heterocycles. The summed E-state index contributed by atoms with van der Waals surface area (Å²) in [5, 5.41) is 12.4. The number of hydrogen-bond acceptors (Lipinski definition) is 8. The molecule has 1 aromatic carbocycles. The topological polar surface area (TPSA) is 109 Å². The molecule has 1 aromatic heterocycles. The third kappa shape index (κ3) is 10.6. The number of benzene rings is 1. The minimum Gasteiger partial charge on any atom is -0.468 e. The number of halogens is 3. The average molecular weight is 555 g/mol. The number of unbranched alkanes of at least 4 members (excludes halogenated alkanes) is 2. The molecule has 39 heavy (non-hydrogen) atoms. The second kappa shape index (κ2) is 16.9. The molecule has 11 heteroatoms. The molecule has 0 spiro atoms. The van der Waals surface area contributed by atoms with Gasteiger partial charge < -0.3 is 25.3 Å². The largest absolute Gasteiger partial charge is 0.573 e. The van der Waals surface area contributed by atoms with Crippen molar-refractivity contribution in [2.75, 3.05) is 25.1 Å². The summed E-state index contributed by atoms with van der Waals surface area (Å²) in [5.74, 6) is 0.953. The highest BCUT2D eigenvalue weighted by molar-refractivity contribution is 5.71. The van der Waals surface area contributed by atoms with Gasteiger partial charge in [0, 0.05) is 30.8 Å². The summed E-state index contributed by atoms with van der Waals surface area (Å²) in [5.41, 5.74) is 9.94. The zero-order valence-electron chi connectivity index (χ0n) is 23.1. The minimum atomic E-state index is -4.76. The number of rotatable bonds is 12. The Hall–Kier alpha value is -2.92. The maximum Gasteiger partial charge on any atom is 0.573 e. The monoisotopic (exact) mass is 554 g/mol. The van der Waals surface area contributed by atoms with E-state index in [1.54, 1.807) is 13.0 Å². The van der Waals surface area contributed by atoms with E-state index < -0.39 is 6.36 Å². The normalized spacial score (nSPS) is 13.8. The first-order valence-electron chi connectivity index (χ1n) is 13.6. The molecule has 3 N–H and O–H groups in total. The van der Waals surface area contributed by atoms with Crippen molar-refractivity contribution in [3.05, 3.63) is 34.9 Å². The van der Waals surface area contributed by atoms with Crippen molar-refractivity contribution in [1.29, 1.82) is 0 Å². The minimum absolute atomic E-state index is 0.166. The maximum atomic E-state index is 12.7. The number of nitrogens with two attached hydrogens (primary N) is 1. The average Bonchev–Trinajstić information content (AvgIpc) is 2.99. The zero-order valence-corrected chi connectivity index (χ0v) is 23.1. The third-order valence-electron chi connectivity index (χ3n) is 6.51. The number of aromatic nitrogens is 2. The standard InChI is InChI=1S/C25H35F3N4O2.C3H6O2/c1-3-5-6-8-17(4-2)15-30-24-22(14-29)21-9-7-12-33-16-18-13-19(34-25(26,27)28)10-11-20(18)23(21)31-32-24;1-2-5-3-4/h10-11,13,17H,3-9,12,14-16,29H2,1-2H3,(H,30,32);3H,2H2,1H3. The van der Waals surface area contributed by atoms with Gasteiger partial charge in [-0.1, -0.05) is 39.5 Å². The predicted octanol–water partition coefficient (Wildman–Crippen LogP) is 6.16. The number of hydrogen-bond donors (Lipinski definition) is 2. The molecule has 1 aliphatic heterocycles. The first-order valence-corrected chi connectivity index (χ1v) is 13.6. The smallest absolute Gasteiger partial charge is 0.468 e. The SMILES string of the molecule is CCCCCC(CC)CNc1nnc2c(c1CN)CCCOCc1cc(OC(F)(F)F)ccc1-2.CCOC=O. The second-order valence-corrected chi connectivity index (χ2v) is 9.28. The van der Waals surface area contributed by atoms with E-state index in [-0.39, 0.29) is 18.9 Å². The van der Waals surface area contributed by atoms with Gasteiger partial charge in [0.15, 0.2) is 5.82 Å². The molecule has 0 saturated carbocycles. The van der Waals surface area contributed by atoms with E-state index in [0.29, 0.717) is 54.7 Å². The summed E-state index contributed by atoms with van der Waals surface area (Å²) < 4.78 is 52.1. The van der Waals surface area contributed by atoms with Gasteiger partial charge in [0.25, 0.3) is 6.47 Å². The van der Waals surface area contributed by atoms with Gasteiger partial charge in [-0.25, -0.2) is 0 Å². The van der Waals surface area contributed by atoms with Crippen LogP contribution in [0.1, 0.15) is 76.0 Å². The molecule has 0 amide bonds. The van der Waals surface area contributed by atoms with E-state index in [2.05, 4.69) is 38.8 Å². The fraction of sp³-hybridized carbons (Fsp3) is 0.607. The van der Waals surface area contributed by atoms with Crippen LogP contribution in [0.25, 0.3) is 11.3 Å². The van der Waals surface area contributed by atoms with Crippen LogP contribution in [0.3, 0.4) is 0 Å². The highest BCUT2D eigenvalue weighted by Gasteiger charge is 2.31. The van der Waals surface area contributed by atoms with Gasteiger partial charge >= 0.3 is 6.36 Å². The Bertz CT molecular complexity index is 1020. The summed E-state index contributed by atoms with van der Waals surface area (Å²) in [6.45, 7) is 8.81. The summed E-state index contributed by atoms with van der Waals surface area (Å²) in [4.78, 5) is 9.18. The zero-order chi connectivity index (χ0) is 28.7. The van der Waals surface area contributed by atoms with Crippen LogP contribution in [-0.2, 0) is 33.8 Å². The van der Waals surface area contributed by atoms with E-state index in [1.165, 1.54) is 37.8 Å². The molecule has 8 nitrogen and oxygen atoms in total. The number of carbonyl (C=O) groups is 1. The van der Waals surface area contributed by atoms with Crippen LogP contribution in [0.5, 0.6) is 5.75 Å². The van der Waals surface area contributed by atoms with Crippen molar-refractivity contribution in [2.45, 2.75) is 85.2 Å². The first-order chi connectivity index (χ1) is 18.8. The van der Waals surface area contributed by atoms with Gasteiger partial charge in [0.2, 0.25) is 0 Å². The van der Waals surface area contributed by atoms with Crippen LogP contribution in [0.15, 0.2) is 18.2 Å². The van der Waals surface area contributed by atoms with Crippen molar-refractivity contribution < 1.29 is 32.2 Å². The van der Waals surface area contributed by atoms with Crippen LogP contribution in [0, 0.1) is 5.92 Å². The molecule has 0 bridgehead atoms. The van der Waals surface area contributed by atoms with Gasteiger partial charge in [-0.15, -0.1) is 23.4 Å². The lowest BCUT2D eigenvalue weighted by atomic mass is 9.95. The van der Waals surface area contributed by atoms with Crippen LogP contribution < -0.4 is 15.8 Å². The summed E-state index contributed by atoms with van der Waals surface area (Å²) in [6, 6.07) is 4.25. The van der Waals surface area contributed by atoms with Gasteiger partial charge in [-0.2, -0.15) is 0 Å². The summed E-state index contributed by atoms with van der Waals surface area (Å²) in [6.07, 6.45) is 2.59. The Morgan fingerprint density at radius 1 is 1.21 bits per heavy atom. The third-order valence-corrected chi connectivity index (χ3v) is 6.51. The number of nitrogens with one attached hydrogen (secondary N) is 1. The molecule has 0 fully saturated rings. The van der Waals surface area contributed by atoms with Gasteiger partial charge in [0.1, 0.15) is 5.75 Å². The van der Waals surface area contributed by atoms with Crippen LogP contribution in [0.4, 0.5) is 19.0 Å². The van der Waals surface area contributed by atoms with Crippen molar-refractivity contribution in [1.82, 2.24) is 10.2 Å². The lowest BCUT2D eigenvalue weighted by Crippen LogP contribution is -2.19. The van der Waals surface area contributed by atoms with Crippen LogP contribution in [-0.4, -0.2) is 42.8 Å². The molecule has 1 aliphatic rings. The fourth-order valence-electron chi connectivity index (χ4n) is 4.45. The Labute approximate surface area is 228 Å². The highest BCUT2D eigenvalue weighted by Crippen LogP contribution is 2.35. The van der Waals surface area contributed by atoms with E-state index >= 15 is 0 Å². The second-order valence-electron chi connectivity index (χ2n) is 9.28. The van der Waals surface area contributed by atoms with Crippen LogP contribution >= 0.6 is 0 Å². The van der Waals surface area contributed by atoms with Crippen molar-refractivity contribution in [3.8, 4) is 17.0 Å². The number of alkyl halides is 3. The molecule has 3 rings (SSSR count). The number of fused-ring (bicyclic) bond motifs is 3. The van der Waals surface area contributed by atoms with E-state index in [1.807, 2.05) is 0 Å². The molecule has 0 saturated heterocycles. The maximum absolute atomic E-state index is 12.7. The molecular formula is C28H41F3N4O4.